The lowest BCUT2D eigenvalue weighted by molar-refractivity contribution is -0.146. The Labute approximate surface area is 270 Å². The van der Waals surface area contributed by atoms with E-state index in [-0.39, 0.29) is 29.5 Å². The van der Waals surface area contributed by atoms with Crippen LogP contribution in [0.4, 0.5) is 0 Å². The predicted octanol–water partition coefficient (Wildman–Crippen LogP) is 1.52. The highest BCUT2D eigenvalue weighted by Gasteiger charge is 2.52. The first-order valence-electron chi connectivity index (χ1n) is 16.6. The molecule has 1 saturated heterocycles. The van der Waals surface area contributed by atoms with Gasteiger partial charge in [-0.25, -0.2) is 4.98 Å². The third-order valence-corrected chi connectivity index (χ3v) is 9.22. The monoisotopic (exact) mass is 639 g/mol. The fourth-order valence-electron chi connectivity index (χ4n) is 6.54. The number of nitrogens with zero attached hydrogens (tertiary/aromatic N) is 3. The Morgan fingerprint density at radius 2 is 1.70 bits per heavy atom. The Hall–Kier alpha value is -3.90. The van der Waals surface area contributed by atoms with Gasteiger partial charge in [0.15, 0.2) is 0 Å². The van der Waals surface area contributed by atoms with Crippen molar-refractivity contribution in [3.8, 4) is 0 Å². The molecular formula is C33H49N7O6. The molecule has 2 aliphatic carbocycles. The lowest BCUT2D eigenvalue weighted by Crippen LogP contribution is -2.62. The normalized spacial score (nSPS) is 22.8. The summed E-state index contributed by atoms with van der Waals surface area (Å²) < 4.78 is 0. The standard InChI is InChI=1S/C33H49N7O6/c1-7-9-22(26(41)31(45)36-20-12-13-20)37-30(44)25-21-11-8-10-19(21)17-40(25)32(46)27(33(4,5)6)39-29(43)24(18(2)3)38-28(42)23-16-34-14-15-35-23/h14-16,18-22,24-25,27H,7-13,17H2,1-6H3,(H,36,45)(H,37,44)(H,38,42)(H,39,43)/t19-,21-,22?,24-,25-,27+/m0/s1. The number of carbonyl (C=O) groups is 6. The molecular weight excluding hydrogens is 590 g/mol. The molecule has 0 bridgehead atoms. The smallest absolute Gasteiger partial charge is 0.289 e. The molecule has 1 unspecified atom stereocenters. The second-order valence-electron chi connectivity index (χ2n) is 14.3. The van der Waals surface area contributed by atoms with E-state index in [1.807, 2.05) is 27.7 Å². The molecule has 1 aliphatic heterocycles. The van der Waals surface area contributed by atoms with Crippen molar-refractivity contribution in [2.45, 2.75) is 117 Å². The van der Waals surface area contributed by atoms with Gasteiger partial charge in [-0.3, -0.25) is 33.8 Å². The minimum absolute atomic E-state index is 0.0109. The second kappa shape index (κ2) is 14.7. The van der Waals surface area contributed by atoms with Gasteiger partial charge in [0, 0.05) is 25.0 Å². The van der Waals surface area contributed by atoms with E-state index in [2.05, 4.69) is 31.2 Å². The van der Waals surface area contributed by atoms with E-state index >= 15 is 0 Å². The molecule has 6 atom stereocenters. The van der Waals surface area contributed by atoms with E-state index in [9.17, 15) is 28.8 Å². The Morgan fingerprint density at radius 1 is 0.978 bits per heavy atom. The van der Waals surface area contributed by atoms with Crippen LogP contribution in [0.3, 0.4) is 0 Å². The summed E-state index contributed by atoms with van der Waals surface area (Å²) in [5, 5.41) is 11.2. The van der Waals surface area contributed by atoms with E-state index in [4.69, 9.17) is 0 Å². The van der Waals surface area contributed by atoms with Crippen LogP contribution in [0.15, 0.2) is 18.6 Å². The molecule has 252 valence electrons. The van der Waals surface area contributed by atoms with Crippen LogP contribution in [0.1, 0.15) is 97.0 Å². The number of rotatable bonds is 13. The highest BCUT2D eigenvalue weighted by atomic mass is 16.2. The third kappa shape index (κ3) is 8.27. The zero-order valence-corrected chi connectivity index (χ0v) is 27.8. The van der Waals surface area contributed by atoms with Gasteiger partial charge in [-0.1, -0.05) is 54.4 Å². The van der Waals surface area contributed by atoms with Crippen LogP contribution in [-0.2, 0) is 24.0 Å². The molecule has 0 radical (unpaired) electrons. The number of nitrogens with one attached hydrogen (secondary N) is 4. The molecule has 13 nitrogen and oxygen atoms in total. The van der Waals surface area contributed by atoms with Crippen molar-refractivity contribution in [2.24, 2.45) is 23.2 Å². The first kappa shape index (κ1) is 35.0. The third-order valence-electron chi connectivity index (χ3n) is 9.22. The molecule has 1 aromatic heterocycles. The maximum atomic E-state index is 14.4. The van der Waals surface area contributed by atoms with Gasteiger partial charge < -0.3 is 26.2 Å². The van der Waals surface area contributed by atoms with E-state index in [0.717, 1.165) is 32.1 Å². The lowest BCUT2D eigenvalue weighted by Gasteiger charge is -2.37. The first-order valence-corrected chi connectivity index (χ1v) is 16.6. The molecule has 4 rings (SSSR count). The zero-order valence-electron chi connectivity index (χ0n) is 27.8. The number of hydrogen-bond acceptors (Lipinski definition) is 8. The molecule has 4 N–H and O–H groups in total. The van der Waals surface area contributed by atoms with Gasteiger partial charge in [0.1, 0.15) is 23.8 Å². The van der Waals surface area contributed by atoms with Gasteiger partial charge in [-0.05, 0) is 55.3 Å². The summed E-state index contributed by atoms with van der Waals surface area (Å²) in [5.74, 6) is -3.61. The summed E-state index contributed by atoms with van der Waals surface area (Å²) in [5.41, 5.74) is -0.685. The summed E-state index contributed by atoms with van der Waals surface area (Å²) >= 11 is 0. The van der Waals surface area contributed by atoms with Gasteiger partial charge in [-0.2, -0.15) is 0 Å². The van der Waals surface area contributed by atoms with Crippen molar-refractivity contribution in [2.75, 3.05) is 6.54 Å². The minimum Gasteiger partial charge on any atom is -0.347 e. The van der Waals surface area contributed by atoms with Crippen molar-refractivity contribution in [1.29, 1.82) is 0 Å². The Bertz CT molecular complexity index is 1310. The van der Waals surface area contributed by atoms with Crippen molar-refractivity contribution < 1.29 is 28.8 Å². The van der Waals surface area contributed by atoms with Gasteiger partial charge in [0.05, 0.1) is 12.2 Å². The molecule has 13 heteroatoms. The number of carbonyl (C=O) groups excluding carboxylic acids is 6. The first-order chi connectivity index (χ1) is 21.7. The highest BCUT2D eigenvalue weighted by Crippen LogP contribution is 2.43. The molecule has 0 spiro atoms. The summed E-state index contributed by atoms with van der Waals surface area (Å²) in [7, 11) is 0. The van der Waals surface area contributed by atoms with Crippen LogP contribution in [0.5, 0.6) is 0 Å². The maximum Gasteiger partial charge on any atom is 0.289 e. The molecule has 0 aromatic carbocycles. The van der Waals surface area contributed by atoms with Gasteiger partial charge in [0.25, 0.3) is 11.8 Å². The maximum absolute atomic E-state index is 14.4. The lowest BCUT2D eigenvalue weighted by atomic mass is 9.85. The predicted molar refractivity (Wildman–Crippen MR) is 169 cm³/mol. The fourth-order valence-corrected chi connectivity index (χ4v) is 6.54. The van der Waals surface area contributed by atoms with Crippen molar-refractivity contribution in [3.05, 3.63) is 24.3 Å². The van der Waals surface area contributed by atoms with Gasteiger partial charge >= 0.3 is 0 Å². The number of amides is 5. The SMILES string of the molecule is CCCC(NC(=O)[C@@H]1[C@H]2CCC[C@H]2CN1C(=O)[C@@H](NC(=O)[C@@H](NC(=O)c1cnccn1)C(C)C)C(C)(C)C)C(=O)C(=O)NC1CC1. The molecule has 2 heterocycles. The number of fused-ring (bicyclic) bond motifs is 1. The van der Waals surface area contributed by atoms with Crippen LogP contribution in [0.25, 0.3) is 0 Å². The summed E-state index contributed by atoms with van der Waals surface area (Å²) in [4.78, 5) is 90.0. The molecule has 2 saturated carbocycles. The van der Waals surface area contributed by atoms with Crippen LogP contribution >= 0.6 is 0 Å². The van der Waals surface area contributed by atoms with Crippen molar-refractivity contribution >= 4 is 35.3 Å². The molecule has 3 aliphatic rings. The number of hydrogen-bond donors (Lipinski definition) is 4. The minimum atomic E-state index is -1.01. The van der Waals surface area contributed by atoms with Crippen molar-refractivity contribution in [3.63, 3.8) is 0 Å². The topological polar surface area (TPSA) is 180 Å². The summed E-state index contributed by atoms with van der Waals surface area (Å²) in [6.45, 7) is 11.3. The van der Waals surface area contributed by atoms with Crippen LogP contribution in [0.2, 0.25) is 0 Å². The zero-order chi connectivity index (χ0) is 33.8. The van der Waals surface area contributed by atoms with Crippen molar-refractivity contribution in [1.82, 2.24) is 36.1 Å². The highest BCUT2D eigenvalue weighted by molar-refractivity contribution is 6.38. The van der Waals surface area contributed by atoms with Gasteiger partial charge in [0.2, 0.25) is 23.5 Å². The van der Waals surface area contributed by atoms with E-state index < -0.39 is 64.9 Å². The largest absolute Gasteiger partial charge is 0.347 e. The summed E-state index contributed by atoms with van der Waals surface area (Å²) in [6.07, 6.45) is 9.25. The number of aromatic nitrogens is 2. The Kier molecular flexibility index (Phi) is 11.2. The van der Waals surface area contributed by atoms with Crippen LogP contribution < -0.4 is 21.3 Å². The number of likely N-dealkylation sites (tertiary alicyclic amines) is 1. The number of Topliss-reactive ketones (excluding diaryl/α,β-unsaturated/α-hetero) is 1. The average Bonchev–Trinajstić information content (AvgIpc) is 3.57. The molecule has 5 amide bonds. The van der Waals surface area contributed by atoms with Crippen LogP contribution in [0, 0.1) is 23.2 Å². The number of ketones is 1. The van der Waals surface area contributed by atoms with E-state index in [0.29, 0.717) is 19.4 Å². The van der Waals surface area contributed by atoms with Crippen LogP contribution in [-0.4, -0.2) is 86.9 Å². The average molecular weight is 640 g/mol. The second-order valence-corrected chi connectivity index (χ2v) is 14.3. The fraction of sp³-hybridized carbons (Fsp3) is 0.697. The van der Waals surface area contributed by atoms with E-state index in [1.165, 1.54) is 18.6 Å². The molecule has 1 aromatic rings. The molecule has 3 fully saturated rings. The molecule has 46 heavy (non-hydrogen) atoms. The Morgan fingerprint density at radius 3 is 2.28 bits per heavy atom. The quantitative estimate of drug-likeness (QED) is 0.235. The Balaban J connectivity index is 1.53. The van der Waals surface area contributed by atoms with Gasteiger partial charge in [-0.15, -0.1) is 0 Å². The summed E-state index contributed by atoms with van der Waals surface area (Å²) in [6, 6.07) is -3.79. The van der Waals surface area contributed by atoms with E-state index in [1.54, 1.807) is 18.7 Å².